The number of hydrogen-bond acceptors (Lipinski definition) is 6. The van der Waals surface area contributed by atoms with Crippen molar-refractivity contribution in [3.8, 4) is 0 Å². The molecule has 0 fully saturated rings. The lowest BCUT2D eigenvalue weighted by Crippen LogP contribution is -2.41. The Morgan fingerprint density at radius 3 is 2.62 bits per heavy atom. The van der Waals surface area contributed by atoms with Crippen molar-refractivity contribution < 1.29 is 24.2 Å². The minimum atomic E-state index is -1.01. The predicted octanol–water partition coefficient (Wildman–Crippen LogP) is 0.610. The van der Waals surface area contributed by atoms with Crippen molar-refractivity contribution in [1.82, 2.24) is 15.6 Å². The summed E-state index contributed by atoms with van der Waals surface area (Å²) in [7, 11) is 3.09. The molecule has 21 heavy (non-hydrogen) atoms. The van der Waals surface area contributed by atoms with Crippen molar-refractivity contribution in [1.29, 1.82) is 0 Å². The molecule has 1 atom stereocenters. The van der Waals surface area contributed by atoms with E-state index in [9.17, 15) is 9.59 Å². The number of aryl methyl sites for hydroxylation is 1. The summed E-state index contributed by atoms with van der Waals surface area (Å²) < 4.78 is 10.0. The van der Waals surface area contributed by atoms with Crippen molar-refractivity contribution in [3.05, 3.63) is 15.6 Å². The second kappa shape index (κ2) is 8.55. The van der Waals surface area contributed by atoms with Gasteiger partial charge in [-0.1, -0.05) is 0 Å². The summed E-state index contributed by atoms with van der Waals surface area (Å²) >= 11 is 1.05. The maximum Gasteiger partial charge on any atom is 0.347 e. The lowest BCUT2D eigenvalue weighted by Gasteiger charge is -2.15. The number of methoxy groups -OCH3 is 2. The highest BCUT2D eigenvalue weighted by molar-refractivity contribution is 7.13. The summed E-state index contributed by atoms with van der Waals surface area (Å²) in [6.07, 6.45) is -0.221. The zero-order valence-corrected chi connectivity index (χ0v) is 13.0. The molecule has 0 aromatic carbocycles. The van der Waals surface area contributed by atoms with Gasteiger partial charge in [-0.3, -0.25) is 0 Å². The highest BCUT2D eigenvalue weighted by atomic mass is 32.1. The van der Waals surface area contributed by atoms with E-state index in [0.29, 0.717) is 23.9 Å². The minimum absolute atomic E-state index is 0.173. The van der Waals surface area contributed by atoms with Crippen molar-refractivity contribution in [2.75, 3.05) is 27.4 Å². The first kappa shape index (κ1) is 17.3. The fourth-order valence-corrected chi connectivity index (χ4v) is 2.39. The van der Waals surface area contributed by atoms with Crippen molar-refractivity contribution in [3.63, 3.8) is 0 Å². The topological polar surface area (TPSA) is 110 Å². The molecule has 0 aliphatic rings. The Morgan fingerprint density at radius 1 is 1.38 bits per heavy atom. The van der Waals surface area contributed by atoms with Gasteiger partial charge in [-0.15, -0.1) is 11.3 Å². The third kappa shape index (κ3) is 5.66. The van der Waals surface area contributed by atoms with E-state index in [-0.39, 0.29) is 23.6 Å². The van der Waals surface area contributed by atoms with Gasteiger partial charge in [0.05, 0.1) is 24.9 Å². The number of nitrogens with one attached hydrogen (secondary N) is 2. The van der Waals surface area contributed by atoms with Gasteiger partial charge in [-0.25, -0.2) is 14.6 Å². The van der Waals surface area contributed by atoms with Crippen LogP contribution in [0.3, 0.4) is 0 Å². The molecule has 0 aliphatic heterocycles. The Labute approximate surface area is 126 Å². The Morgan fingerprint density at radius 2 is 2.10 bits per heavy atom. The normalized spacial score (nSPS) is 12.0. The molecule has 2 amide bonds. The third-order valence-corrected chi connectivity index (χ3v) is 3.76. The summed E-state index contributed by atoms with van der Waals surface area (Å²) in [6, 6.07) is -0.377. The molecule has 1 heterocycles. The van der Waals surface area contributed by atoms with Crippen LogP contribution in [0.4, 0.5) is 4.79 Å². The summed E-state index contributed by atoms with van der Waals surface area (Å²) in [5.41, 5.74) is 0.448. The number of carbonyl (C=O) groups is 2. The number of carboxylic acid groups (broad SMARTS) is 1. The molecule has 0 radical (unpaired) electrons. The van der Waals surface area contributed by atoms with Crippen LogP contribution in [-0.2, 0) is 16.0 Å². The second-order valence-corrected chi connectivity index (χ2v) is 5.29. The molecular weight excluding hydrogens is 298 g/mol. The summed E-state index contributed by atoms with van der Waals surface area (Å²) in [4.78, 5) is 26.8. The second-order valence-electron chi connectivity index (χ2n) is 4.20. The number of carbonyl (C=O) groups excluding carboxylic acids is 1. The van der Waals surface area contributed by atoms with E-state index >= 15 is 0 Å². The van der Waals surface area contributed by atoms with Gasteiger partial charge >= 0.3 is 12.0 Å². The lowest BCUT2D eigenvalue weighted by atomic mass is 10.4. The number of aromatic carboxylic acids is 1. The van der Waals surface area contributed by atoms with E-state index in [1.165, 1.54) is 7.11 Å². The van der Waals surface area contributed by atoms with Gasteiger partial charge in [-0.2, -0.15) is 0 Å². The quantitative estimate of drug-likeness (QED) is 0.648. The van der Waals surface area contributed by atoms with Crippen LogP contribution in [0.5, 0.6) is 0 Å². The fraction of sp³-hybridized carbons (Fsp3) is 0.583. The average Bonchev–Trinajstić information content (AvgIpc) is 2.82. The molecule has 0 aliphatic carbocycles. The smallest absolute Gasteiger partial charge is 0.347 e. The van der Waals surface area contributed by atoms with E-state index in [2.05, 4.69) is 15.6 Å². The van der Waals surface area contributed by atoms with E-state index < -0.39 is 5.97 Å². The molecule has 0 bridgehead atoms. The third-order valence-electron chi connectivity index (χ3n) is 2.61. The number of urea groups is 1. The maximum atomic E-state index is 11.6. The molecule has 1 aromatic rings. The van der Waals surface area contributed by atoms with Gasteiger partial charge in [0, 0.05) is 20.8 Å². The van der Waals surface area contributed by atoms with Gasteiger partial charge in [0.1, 0.15) is 9.88 Å². The first-order valence-corrected chi connectivity index (χ1v) is 7.02. The minimum Gasteiger partial charge on any atom is -0.477 e. The summed E-state index contributed by atoms with van der Waals surface area (Å²) in [5.74, 6) is -1.01. The molecule has 3 N–H and O–H groups in total. The SMILES string of the molecule is COCC(CNC(=O)NCc1nc(C)c(C(=O)O)s1)OC. The van der Waals surface area contributed by atoms with Gasteiger partial charge in [-0.05, 0) is 6.92 Å². The van der Waals surface area contributed by atoms with Crippen LogP contribution >= 0.6 is 11.3 Å². The van der Waals surface area contributed by atoms with Crippen LogP contribution in [0.1, 0.15) is 20.4 Å². The molecule has 9 heteroatoms. The van der Waals surface area contributed by atoms with Gasteiger partial charge in [0.2, 0.25) is 0 Å². The Balaban J connectivity index is 2.39. The first-order valence-electron chi connectivity index (χ1n) is 6.21. The summed E-state index contributed by atoms with van der Waals surface area (Å²) in [6.45, 7) is 2.49. The van der Waals surface area contributed by atoms with Crippen molar-refractivity contribution in [2.45, 2.75) is 19.6 Å². The number of aromatic nitrogens is 1. The number of ether oxygens (including phenoxy) is 2. The van der Waals surface area contributed by atoms with Crippen LogP contribution in [0.15, 0.2) is 0 Å². The van der Waals surface area contributed by atoms with Crippen LogP contribution in [0.25, 0.3) is 0 Å². The Bertz CT molecular complexity index is 491. The summed E-state index contributed by atoms with van der Waals surface area (Å²) in [5, 5.41) is 14.7. The Kier molecular flexibility index (Phi) is 7.06. The zero-order valence-electron chi connectivity index (χ0n) is 12.1. The molecule has 0 saturated heterocycles. The van der Waals surface area contributed by atoms with Crippen molar-refractivity contribution in [2.24, 2.45) is 0 Å². The number of nitrogens with zero attached hydrogens (tertiary/aromatic N) is 1. The van der Waals surface area contributed by atoms with E-state index in [0.717, 1.165) is 11.3 Å². The molecule has 0 spiro atoms. The first-order chi connectivity index (χ1) is 9.97. The predicted molar refractivity (Wildman–Crippen MR) is 76.7 cm³/mol. The number of thiazole rings is 1. The van der Waals surface area contributed by atoms with Crippen LogP contribution < -0.4 is 10.6 Å². The molecule has 1 rings (SSSR count). The number of amides is 2. The van der Waals surface area contributed by atoms with E-state index in [4.69, 9.17) is 14.6 Å². The molecule has 1 aromatic heterocycles. The molecule has 8 nitrogen and oxygen atoms in total. The van der Waals surface area contributed by atoms with Gasteiger partial charge in [0.15, 0.2) is 0 Å². The zero-order chi connectivity index (χ0) is 15.8. The van der Waals surface area contributed by atoms with Crippen LogP contribution in [-0.4, -0.2) is 55.6 Å². The van der Waals surface area contributed by atoms with Gasteiger partial charge < -0.3 is 25.2 Å². The van der Waals surface area contributed by atoms with Crippen molar-refractivity contribution >= 4 is 23.3 Å². The lowest BCUT2D eigenvalue weighted by molar-refractivity contribution is 0.0304. The number of rotatable bonds is 8. The molecular formula is C12H19N3O5S. The van der Waals surface area contributed by atoms with Crippen LogP contribution in [0, 0.1) is 6.92 Å². The maximum absolute atomic E-state index is 11.6. The van der Waals surface area contributed by atoms with Gasteiger partial charge in [0.25, 0.3) is 0 Å². The average molecular weight is 317 g/mol. The largest absolute Gasteiger partial charge is 0.477 e. The molecule has 0 saturated carbocycles. The van der Waals surface area contributed by atoms with Crippen LogP contribution in [0.2, 0.25) is 0 Å². The highest BCUT2D eigenvalue weighted by Crippen LogP contribution is 2.17. The fourth-order valence-electron chi connectivity index (χ4n) is 1.55. The number of hydrogen-bond donors (Lipinski definition) is 3. The highest BCUT2D eigenvalue weighted by Gasteiger charge is 2.14. The monoisotopic (exact) mass is 317 g/mol. The Hall–Kier alpha value is -1.71. The van der Waals surface area contributed by atoms with E-state index in [1.807, 2.05) is 0 Å². The number of carboxylic acids is 1. The molecule has 1 unspecified atom stereocenters. The van der Waals surface area contributed by atoms with E-state index in [1.54, 1.807) is 14.0 Å². The standard InChI is InChI=1S/C12H19N3O5S/c1-7-10(11(16)17)21-9(15-7)5-14-12(18)13-4-8(20-3)6-19-2/h8H,4-6H2,1-3H3,(H,16,17)(H2,13,14,18). The molecule has 118 valence electrons.